The van der Waals surface area contributed by atoms with Crippen LogP contribution in [-0.4, -0.2) is 23.4 Å². The Hall–Kier alpha value is -5.35. The minimum absolute atomic E-state index is 0.132. The Morgan fingerprint density at radius 3 is 2.18 bits per heavy atom. The average Bonchev–Trinajstić information content (AvgIpc) is 3.29. The van der Waals surface area contributed by atoms with Crippen LogP contribution in [0.2, 0.25) is 0 Å². The number of ether oxygens (including phenoxy) is 1. The van der Waals surface area contributed by atoms with E-state index < -0.39 is 35.5 Å². The van der Waals surface area contributed by atoms with Crippen molar-refractivity contribution in [2.24, 2.45) is 5.92 Å². The Kier molecular flexibility index (Phi) is 6.62. The van der Waals surface area contributed by atoms with Crippen molar-refractivity contribution in [3.8, 4) is 17.2 Å². The number of amides is 1. The van der Waals surface area contributed by atoms with Crippen LogP contribution in [0.1, 0.15) is 37.9 Å². The molecule has 4 aromatic rings. The highest BCUT2D eigenvalue weighted by molar-refractivity contribution is 6.45. The first-order chi connectivity index (χ1) is 18.5. The summed E-state index contributed by atoms with van der Waals surface area (Å²) in [4.78, 5) is 53.6. The van der Waals surface area contributed by atoms with Crippen LogP contribution in [0.15, 0.2) is 103 Å². The lowest BCUT2D eigenvalue weighted by Crippen LogP contribution is -2.38. The highest BCUT2D eigenvalue weighted by atomic mass is 16.5. The molecule has 0 aromatic heterocycles. The lowest BCUT2D eigenvalue weighted by atomic mass is 9.82. The topological polar surface area (TPSA) is 113 Å². The molecule has 0 spiro atoms. The molecule has 0 saturated carbocycles. The number of para-hydroxylation sites is 1. The van der Waals surface area contributed by atoms with Crippen LogP contribution in [0, 0.1) is 17.2 Å². The molecule has 0 unspecified atom stereocenters. The third-order valence-corrected chi connectivity index (χ3v) is 6.39. The number of carbonyl (C=O) groups excluding carboxylic acids is 4. The number of Topliss-reactive ketones (excluding diaryl/α,β-unsaturated/α-hetero) is 2. The fourth-order valence-corrected chi connectivity index (χ4v) is 4.56. The molecule has 1 aliphatic rings. The van der Waals surface area contributed by atoms with E-state index in [0.717, 1.165) is 5.56 Å². The zero-order valence-electron chi connectivity index (χ0n) is 20.0. The highest BCUT2D eigenvalue weighted by Gasteiger charge is 2.46. The zero-order chi connectivity index (χ0) is 26.6. The molecule has 0 aliphatic carbocycles. The second kappa shape index (κ2) is 10.3. The minimum Gasteiger partial charge on any atom is -0.453 e. The van der Waals surface area contributed by atoms with Crippen LogP contribution in [0.25, 0.3) is 11.1 Å². The molecule has 1 aliphatic heterocycles. The van der Waals surface area contributed by atoms with Gasteiger partial charge in [0.15, 0.2) is 5.78 Å². The van der Waals surface area contributed by atoms with E-state index in [9.17, 15) is 24.4 Å². The second-order valence-electron chi connectivity index (χ2n) is 8.64. The van der Waals surface area contributed by atoms with Crippen molar-refractivity contribution in [2.75, 3.05) is 5.32 Å². The number of anilines is 1. The van der Waals surface area contributed by atoms with Crippen molar-refractivity contribution >= 4 is 29.1 Å². The summed E-state index contributed by atoms with van der Waals surface area (Å²) in [5.74, 6) is -5.17. The Morgan fingerprint density at radius 1 is 0.789 bits per heavy atom. The number of nitrogens with zero attached hydrogens (tertiary/aromatic N) is 1. The van der Waals surface area contributed by atoms with Crippen molar-refractivity contribution in [3.05, 3.63) is 125 Å². The Balaban J connectivity index is 1.59. The van der Waals surface area contributed by atoms with Gasteiger partial charge < -0.3 is 10.1 Å². The van der Waals surface area contributed by atoms with Crippen LogP contribution >= 0.6 is 0 Å². The SMILES string of the molecule is N#Cc1ccccc1NC(=O)C(=O)[C@@H](C(=O)c1ccccc1-c1ccccc1)[C@H]1OC(=O)c2ccccc21. The molecular weight excluding hydrogens is 480 g/mol. The Morgan fingerprint density at radius 2 is 1.42 bits per heavy atom. The number of esters is 1. The standard InChI is InChI=1S/C31H20N2O5/c32-18-20-12-4-9-17-25(20)33-30(36)28(35)26(29-23-15-7-8-16-24(23)31(37)38-29)27(34)22-14-6-5-13-21(22)19-10-2-1-3-11-19/h1-17,26,29H,(H,33,36)/t26-,29+/m1/s1. The first kappa shape index (κ1) is 24.3. The molecule has 1 N–H and O–H groups in total. The molecular formula is C31H20N2O5. The van der Waals surface area contributed by atoms with Gasteiger partial charge in [-0.25, -0.2) is 4.79 Å². The number of nitriles is 1. The molecule has 0 radical (unpaired) electrons. The van der Waals surface area contributed by atoms with Gasteiger partial charge in [-0.3, -0.25) is 14.4 Å². The van der Waals surface area contributed by atoms with E-state index in [4.69, 9.17) is 4.74 Å². The van der Waals surface area contributed by atoms with Gasteiger partial charge in [-0.1, -0.05) is 84.9 Å². The molecule has 7 nitrogen and oxygen atoms in total. The van der Waals surface area contributed by atoms with Crippen LogP contribution in [0.4, 0.5) is 5.69 Å². The Labute approximate surface area is 218 Å². The van der Waals surface area contributed by atoms with E-state index in [1.165, 1.54) is 12.1 Å². The fraction of sp³-hybridized carbons (Fsp3) is 0.0645. The number of hydrogen-bond acceptors (Lipinski definition) is 6. The van der Waals surface area contributed by atoms with E-state index in [0.29, 0.717) is 11.1 Å². The summed E-state index contributed by atoms with van der Waals surface area (Å²) in [5.41, 5.74) is 2.41. The van der Waals surface area contributed by atoms with Gasteiger partial charge in [0.05, 0.1) is 16.8 Å². The number of cyclic esters (lactones) is 1. The maximum atomic E-state index is 14.1. The number of nitrogens with one attached hydrogen (secondary N) is 1. The number of hydrogen-bond donors (Lipinski definition) is 1. The quantitative estimate of drug-likeness (QED) is 0.163. The Bertz CT molecular complexity index is 1620. The van der Waals surface area contributed by atoms with Gasteiger partial charge in [0.25, 0.3) is 5.91 Å². The molecule has 184 valence electrons. The van der Waals surface area contributed by atoms with E-state index in [1.807, 2.05) is 36.4 Å². The summed E-state index contributed by atoms with van der Waals surface area (Å²) in [5, 5.41) is 11.8. The van der Waals surface area contributed by atoms with E-state index in [1.54, 1.807) is 60.7 Å². The highest BCUT2D eigenvalue weighted by Crippen LogP contribution is 2.39. The zero-order valence-corrected chi connectivity index (χ0v) is 20.0. The third kappa shape index (κ3) is 4.47. The third-order valence-electron chi connectivity index (χ3n) is 6.39. The fourth-order valence-electron chi connectivity index (χ4n) is 4.56. The van der Waals surface area contributed by atoms with Crippen molar-refractivity contribution in [1.29, 1.82) is 5.26 Å². The molecule has 1 heterocycles. The largest absolute Gasteiger partial charge is 0.453 e. The normalized spacial score (nSPS) is 14.5. The molecule has 1 amide bonds. The first-order valence-electron chi connectivity index (χ1n) is 11.8. The second-order valence-corrected chi connectivity index (χ2v) is 8.64. The van der Waals surface area contributed by atoms with Crippen molar-refractivity contribution < 1.29 is 23.9 Å². The summed E-state index contributed by atoms with van der Waals surface area (Å²) in [7, 11) is 0. The number of rotatable bonds is 7. The van der Waals surface area contributed by atoms with Gasteiger partial charge in [0.2, 0.25) is 5.78 Å². The molecule has 0 saturated heterocycles. The van der Waals surface area contributed by atoms with Gasteiger partial charge in [0, 0.05) is 11.1 Å². The lowest BCUT2D eigenvalue weighted by Gasteiger charge is -2.22. The molecule has 0 bridgehead atoms. The molecule has 38 heavy (non-hydrogen) atoms. The van der Waals surface area contributed by atoms with Gasteiger partial charge in [-0.05, 0) is 29.3 Å². The van der Waals surface area contributed by atoms with Crippen LogP contribution in [0.3, 0.4) is 0 Å². The molecule has 7 heteroatoms. The number of ketones is 2. The predicted octanol–water partition coefficient (Wildman–Crippen LogP) is 5.14. The number of fused-ring (bicyclic) bond motifs is 1. The minimum atomic E-state index is -1.65. The first-order valence-corrected chi connectivity index (χ1v) is 11.8. The van der Waals surface area contributed by atoms with Crippen LogP contribution < -0.4 is 5.32 Å². The summed E-state index contributed by atoms with van der Waals surface area (Å²) >= 11 is 0. The number of carbonyl (C=O) groups is 4. The lowest BCUT2D eigenvalue weighted by molar-refractivity contribution is -0.138. The van der Waals surface area contributed by atoms with Crippen LogP contribution in [0.5, 0.6) is 0 Å². The molecule has 4 aromatic carbocycles. The summed E-state index contributed by atoms with van der Waals surface area (Å²) < 4.78 is 5.54. The molecule has 5 rings (SSSR count). The van der Waals surface area contributed by atoms with Crippen molar-refractivity contribution in [1.82, 2.24) is 0 Å². The summed E-state index contributed by atoms with van der Waals surface area (Å²) in [6.45, 7) is 0. The van der Waals surface area contributed by atoms with Crippen LogP contribution in [-0.2, 0) is 14.3 Å². The monoisotopic (exact) mass is 500 g/mol. The molecule has 0 fully saturated rings. The summed E-state index contributed by atoms with van der Waals surface area (Å²) in [6, 6.07) is 30.6. The van der Waals surface area contributed by atoms with Gasteiger partial charge in [-0.2, -0.15) is 5.26 Å². The smallest absolute Gasteiger partial charge is 0.339 e. The number of benzene rings is 4. The van der Waals surface area contributed by atoms with E-state index >= 15 is 0 Å². The molecule has 2 atom stereocenters. The van der Waals surface area contributed by atoms with E-state index in [-0.39, 0.29) is 22.4 Å². The van der Waals surface area contributed by atoms with Gasteiger partial charge in [0.1, 0.15) is 18.1 Å². The average molecular weight is 501 g/mol. The maximum Gasteiger partial charge on any atom is 0.339 e. The van der Waals surface area contributed by atoms with Gasteiger partial charge in [-0.15, -0.1) is 0 Å². The van der Waals surface area contributed by atoms with Crippen molar-refractivity contribution in [3.63, 3.8) is 0 Å². The predicted molar refractivity (Wildman–Crippen MR) is 139 cm³/mol. The maximum absolute atomic E-state index is 14.1. The summed E-state index contributed by atoms with van der Waals surface area (Å²) in [6.07, 6.45) is -1.29. The van der Waals surface area contributed by atoms with Crippen molar-refractivity contribution in [2.45, 2.75) is 6.10 Å². The van der Waals surface area contributed by atoms with E-state index in [2.05, 4.69) is 5.32 Å². The van der Waals surface area contributed by atoms with Gasteiger partial charge >= 0.3 is 5.97 Å².